The molecule has 24 heavy (non-hydrogen) atoms. The third-order valence-corrected chi connectivity index (χ3v) is 7.32. The SMILES string of the molecule is Cc1n[nH]c(C)c1S(=O)(=O)N1CCN2CCc3ccccc3C2C1. The first-order valence-corrected chi connectivity index (χ1v) is 9.76. The molecule has 2 aliphatic heterocycles. The number of aromatic nitrogens is 2. The quantitative estimate of drug-likeness (QED) is 0.897. The van der Waals surface area contributed by atoms with Crippen LogP contribution in [-0.4, -0.2) is 54.0 Å². The summed E-state index contributed by atoms with van der Waals surface area (Å²) in [6, 6.07) is 8.54. The topological polar surface area (TPSA) is 69.3 Å². The van der Waals surface area contributed by atoms with Crippen LogP contribution in [0.2, 0.25) is 0 Å². The molecule has 7 heteroatoms. The molecule has 0 bridgehead atoms. The van der Waals surface area contributed by atoms with Crippen molar-refractivity contribution in [1.29, 1.82) is 0 Å². The Morgan fingerprint density at radius 2 is 1.96 bits per heavy atom. The van der Waals surface area contributed by atoms with Crippen molar-refractivity contribution >= 4 is 10.0 Å². The minimum Gasteiger partial charge on any atom is -0.293 e. The normalized spacial score (nSPS) is 22.2. The predicted molar refractivity (Wildman–Crippen MR) is 91.3 cm³/mol. The maximum absolute atomic E-state index is 13.1. The van der Waals surface area contributed by atoms with Crippen molar-refractivity contribution in [2.75, 3.05) is 26.2 Å². The summed E-state index contributed by atoms with van der Waals surface area (Å²) in [5, 5.41) is 6.84. The molecule has 1 atom stereocenters. The smallest absolute Gasteiger partial charge is 0.246 e. The fourth-order valence-electron chi connectivity index (χ4n) is 3.98. The largest absolute Gasteiger partial charge is 0.293 e. The third-order valence-electron chi connectivity index (χ3n) is 5.19. The van der Waals surface area contributed by atoms with Gasteiger partial charge in [0.15, 0.2) is 0 Å². The van der Waals surface area contributed by atoms with Crippen LogP contribution in [0, 0.1) is 13.8 Å². The molecule has 1 aromatic heterocycles. The number of aryl methyl sites for hydroxylation is 2. The molecule has 1 N–H and O–H groups in total. The molecule has 0 spiro atoms. The number of piperazine rings is 1. The molecule has 0 aliphatic carbocycles. The zero-order chi connectivity index (χ0) is 16.9. The Hall–Kier alpha value is -1.70. The van der Waals surface area contributed by atoms with Gasteiger partial charge in [0, 0.05) is 32.2 Å². The molecular formula is C17H22N4O2S. The van der Waals surface area contributed by atoms with E-state index in [0.717, 1.165) is 19.5 Å². The van der Waals surface area contributed by atoms with E-state index in [1.807, 2.05) is 6.07 Å². The zero-order valence-corrected chi connectivity index (χ0v) is 14.8. The number of hydrogen-bond acceptors (Lipinski definition) is 4. The highest BCUT2D eigenvalue weighted by Crippen LogP contribution is 2.34. The summed E-state index contributed by atoms with van der Waals surface area (Å²) in [4.78, 5) is 2.74. The Labute approximate surface area is 142 Å². The number of benzene rings is 1. The van der Waals surface area contributed by atoms with Crippen LogP contribution in [-0.2, 0) is 16.4 Å². The maximum Gasteiger partial charge on any atom is 0.246 e. The van der Waals surface area contributed by atoms with E-state index in [2.05, 4.69) is 33.3 Å². The fourth-order valence-corrected chi connectivity index (χ4v) is 5.75. The van der Waals surface area contributed by atoms with Crippen LogP contribution >= 0.6 is 0 Å². The first kappa shape index (κ1) is 15.8. The Morgan fingerprint density at radius 3 is 2.71 bits per heavy atom. The van der Waals surface area contributed by atoms with E-state index < -0.39 is 10.0 Å². The van der Waals surface area contributed by atoms with Crippen LogP contribution < -0.4 is 0 Å². The summed E-state index contributed by atoms with van der Waals surface area (Å²) in [7, 11) is -3.52. The molecule has 128 valence electrons. The van der Waals surface area contributed by atoms with Crippen molar-refractivity contribution in [2.45, 2.75) is 31.2 Å². The molecule has 0 amide bonds. The van der Waals surface area contributed by atoms with E-state index in [0.29, 0.717) is 29.4 Å². The summed E-state index contributed by atoms with van der Waals surface area (Å²) >= 11 is 0. The highest BCUT2D eigenvalue weighted by atomic mass is 32.2. The van der Waals surface area contributed by atoms with Gasteiger partial charge in [-0.2, -0.15) is 9.40 Å². The number of nitrogens with one attached hydrogen (secondary N) is 1. The van der Waals surface area contributed by atoms with Crippen LogP contribution in [0.25, 0.3) is 0 Å². The average molecular weight is 346 g/mol. The minimum atomic E-state index is -3.52. The van der Waals surface area contributed by atoms with Crippen molar-refractivity contribution in [2.24, 2.45) is 0 Å². The highest BCUT2D eigenvalue weighted by molar-refractivity contribution is 7.89. The molecule has 2 aromatic rings. The van der Waals surface area contributed by atoms with E-state index in [-0.39, 0.29) is 6.04 Å². The lowest BCUT2D eigenvalue weighted by Gasteiger charge is -2.44. The average Bonchev–Trinajstić information content (AvgIpc) is 2.93. The number of aromatic amines is 1. The van der Waals surface area contributed by atoms with E-state index in [9.17, 15) is 8.42 Å². The molecule has 0 saturated carbocycles. The highest BCUT2D eigenvalue weighted by Gasteiger charge is 2.38. The molecule has 4 rings (SSSR count). The standard InChI is InChI=1S/C17H22N4O2S/c1-12-17(13(2)19-18-12)24(22,23)21-10-9-20-8-7-14-5-3-4-6-15(14)16(20)11-21/h3-6,16H,7-11H2,1-2H3,(H,18,19). The zero-order valence-electron chi connectivity index (χ0n) is 14.0. The van der Waals surface area contributed by atoms with Gasteiger partial charge < -0.3 is 0 Å². The van der Waals surface area contributed by atoms with Gasteiger partial charge in [-0.1, -0.05) is 24.3 Å². The first-order valence-electron chi connectivity index (χ1n) is 8.32. The van der Waals surface area contributed by atoms with Gasteiger partial charge in [-0.25, -0.2) is 8.42 Å². The summed E-state index contributed by atoms with van der Waals surface area (Å²) < 4.78 is 27.9. The van der Waals surface area contributed by atoms with Gasteiger partial charge in [0.1, 0.15) is 4.90 Å². The Morgan fingerprint density at radius 1 is 1.17 bits per heavy atom. The van der Waals surface area contributed by atoms with Crippen molar-refractivity contribution in [3.8, 4) is 0 Å². The molecular weight excluding hydrogens is 324 g/mol. The van der Waals surface area contributed by atoms with Gasteiger partial charge in [0.25, 0.3) is 0 Å². The Kier molecular flexibility index (Phi) is 3.74. The van der Waals surface area contributed by atoms with Gasteiger partial charge >= 0.3 is 0 Å². The van der Waals surface area contributed by atoms with Gasteiger partial charge in [-0.15, -0.1) is 0 Å². The molecule has 1 unspecified atom stereocenters. The lowest BCUT2D eigenvalue weighted by molar-refractivity contribution is 0.109. The van der Waals surface area contributed by atoms with Crippen molar-refractivity contribution in [3.05, 3.63) is 46.8 Å². The summed E-state index contributed by atoms with van der Waals surface area (Å²) in [6.45, 7) is 6.31. The van der Waals surface area contributed by atoms with Crippen LogP contribution in [0.4, 0.5) is 0 Å². The van der Waals surface area contributed by atoms with Crippen molar-refractivity contribution in [3.63, 3.8) is 0 Å². The lowest BCUT2D eigenvalue weighted by atomic mass is 9.91. The van der Waals surface area contributed by atoms with Gasteiger partial charge in [0.05, 0.1) is 11.4 Å². The van der Waals surface area contributed by atoms with Crippen LogP contribution in [0.5, 0.6) is 0 Å². The van der Waals surface area contributed by atoms with E-state index in [4.69, 9.17) is 0 Å². The molecule has 1 aromatic carbocycles. The molecule has 2 aliphatic rings. The predicted octanol–water partition coefficient (Wildman–Crippen LogP) is 1.63. The minimum absolute atomic E-state index is 0.144. The van der Waals surface area contributed by atoms with Crippen molar-refractivity contribution in [1.82, 2.24) is 19.4 Å². The third kappa shape index (κ3) is 2.39. The van der Waals surface area contributed by atoms with Crippen LogP contribution in [0.3, 0.4) is 0 Å². The number of hydrogen-bond donors (Lipinski definition) is 1. The second-order valence-electron chi connectivity index (χ2n) is 6.63. The van der Waals surface area contributed by atoms with E-state index >= 15 is 0 Å². The van der Waals surface area contributed by atoms with Crippen LogP contribution in [0.1, 0.15) is 28.6 Å². The van der Waals surface area contributed by atoms with Gasteiger partial charge in [-0.3, -0.25) is 10.00 Å². The lowest BCUT2D eigenvalue weighted by Crippen LogP contribution is -2.52. The van der Waals surface area contributed by atoms with Crippen LogP contribution in [0.15, 0.2) is 29.2 Å². The molecule has 3 heterocycles. The Balaban J connectivity index is 1.69. The summed E-state index contributed by atoms with van der Waals surface area (Å²) in [5.74, 6) is 0. The van der Waals surface area contributed by atoms with E-state index in [1.54, 1.807) is 18.2 Å². The monoisotopic (exact) mass is 346 g/mol. The molecule has 1 fully saturated rings. The number of rotatable bonds is 2. The Bertz CT molecular complexity index is 855. The maximum atomic E-state index is 13.1. The van der Waals surface area contributed by atoms with E-state index in [1.165, 1.54) is 11.1 Å². The number of fused-ring (bicyclic) bond motifs is 3. The summed E-state index contributed by atoms with van der Waals surface area (Å²) in [5.41, 5.74) is 3.76. The fraction of sp³-hybridized carbons (Fsp3) is 0.471. The second-order valence-corrected chi connectivity index (χ2v) is 8.50. The number of H-pyrrole nitrogens is 1. The number of sulfonamides is 1. The molecule has 6 nitrogen and oxygen atoms in total. The second kappa shape index (κ2) is 5.68. The molecule has 0 radical (unpaired) electrons. The molecule has 1 saturated heterocycles. The summed E-state index contributed by atoms with van der Waals surface area (Å²) in [6.07, 6.45) is 1.04. The number of nitrogens with zero attached hydrogens (tertiary/aromatic N) is 3. The van der Waals surface area contributed by atoms with Gasteiger partial charge in [0.2, 0.25) is 10.0 Å². The van der Waals surface area contributed by atoms with Gasteiger partial charge in [-0.05, 0) is 31.4 Å². The first-order chi connectivity index (χ1) is 11.5. The van der Waals surface area contributed by atoms with Crippen molar-refractivity contribution < 1.29 is 8.42 Å².